The number of rotatable bonds is 3. The molecule has 0 aliphatic rings. The fourth-order valence-corrected chi connectivity index (χ4v) is 4.13. The Morgan fingerprint density at radius 1 is 0.742 bits per heavy atom. The third-order valence-electron chi connectivity index (χ3n) is 5.24. The second-order valence-corrected chi connectivity index (χ2v) is 8.67. The normalized spacial score (nSPS) is 10.7. The first kappa shape index (κ1) is 21.3. The van der Waals surface area contributed by atoms with Gasteiger partial charge in [-0.05, 0) is 109 Å². The molecule has 0 bridgehead atoms. The van der Waals surface area contributed by atoms with E-state index in [9.17, 15) is 0 Å². The first-order valence-electron chi connectivity index (χ1n) is 10.0. The fourth-order valence-electron chi connectivity index (χ4n) is 3.77. The van der Waals surface area contributed by atoms with Crippen molar-refractivity contribution in [1.82, 2.24) is 9.55 Å². The molecule has 2 heterocycles. The third-order valence-corrected chi connectivity index (χ3v) is 5.96. The van der Waals surface area contributed by atoms with Gasteiger partial charge >= 0.3 is 0 Å². The van der Waals surface area contributed by atoms with E-state index < -0.39 is 0 Å². The quantitative estimate of drug-likeness (QED) is 0.257. The molecule has 31 heavy (non-hydrogen) atoms. The van der Waals surface area contributed by atoms with Gasteiger partial charge in [-0.3, -0.25) is 0 Å². The van der Waals surface area contributed by atoms with Crippen LogP contribution in [0.15, 0.2) is 72.8 Å². The third kappa shape index (κ3) is 4.56. The molecule has 0 saturated heterocycles. The van der Waals surface area contributed by atoms with Gasteiger partial charge in [-0.15, -0.1) is 0 Å². The van der Waals surface area contributed by atoms with Crippen molar-refractivity contribution in [3.8, 4) is 17.2 Å². The minimum atomic E-state index is 0.896. The molecular formula is C26H25IN2O2. The molecule has 0 spiro atoms. The molecule has 0 unspecified atom stereocenters. The molecule has 2 aromatic heterocycles. The summed E-state index contributed by atoms with van der Waals surface area (Å²) in [6, 6.07) is 25.1. The van der Waals surface area contributed by atoms with Crippen LogP contribution < -0.4 is 9.47 Å². The van der Waals surface area contributed by atoms with Crippen LogP contribution in [-0.4, -0.2) is 23.8 Å². The van der Waals surface area contributed by atoms with Crippen LogP contribution in [0.1, 0.15) is 11.4 Å². The van der Waals surface area contributed by atoms with E-state index in [1.165, 1.54) is 36.9 Å². The second kappa shape index (κ2) is 9.06. The number of hydrogen-bond acceptors (Lipinski definition) is 2. The number of nitrogens with zero attached hydrogens (tertiary/aromatic N) is 1. The Balaban J connectivity index is 0.000000166. The van der Waals surface area contributed by atoms with Crippen LogP contribution in [0.4, 0.5) is 0 Å². The van der Waals surface area contributed by atoms with Crippen molar-refractivity contribution in [3.05, 3.63) is 87.8 Å². The maximum absolute atomic E-state index is 5.28. The number of ether oxygens (including phenoxy) is 2. The Morgan fingerprint density at radius 3 is 2.06 bits per heavy atom. The Morgan fingerprint density at radius 2 is 1.39 bits per heavy atom. The number of benzene rings is 3. The van der Waals surface area contributed by atoms with Gasteiger partial charge in [0.25, 0.3) is 0 Å². The second-order valence-electron chi connectivity index (χ2n) is 7.43. The van der Waals surface area contributed by atoms with Crippen molar-refractivity contribution in [2.24, 2.45) is 0 Å². The van der Waals surface area contributed by atoms with Crippen molar-refractivity contribution < 1.29 is 9.47 Å². The number of H-pyrrole nitrogens is 1. The van der Waals surface area contributed by atoms with Gasteiger partial charge < -0.3 is 19.0 Å². The minimum absolute atomic E-state index is 0.896. The SMILES string of the molecule is COc1ccc2[nH]c(C)cc2c1.COc1ccc2c(c1)cc(C)n2-c1ccc(I)cc1. The molecule has 4 nitrogen and oxygen atoms in total. The highest BCUT2D eigenvalue weighted by Gasteiger charge is 2.08. The largest absolute Gasteiger partial charge is 0.497 e. The summed E-state index contributed by atoms with van der Waals surface area (Å²) in [6.45, 7) is 4.18. The van der Waals surface area contributed by atoms with E-state index in [2.05, 4.69) is 87.6 Å². The number of nitrogens with one attached hydrogen (secondary N) is 1. The van der Waals surface area contributed by atoms with Crippen molar-refractivity contribution in [3.63, 3.8) is 0 Å². The van der Waals surface area contributed by atoms with Gasteiger partial charge in [-0.2, -0.15) is 0 Å². The van der Waals surface area contributed by atoms with E-state index in [4.69, 9.17) is 9.47 Å². The predicted molar refractivity (Wildman–Crippen MR) is 137 cm³/mol. The number of halogens is 1. The van der Waals surface area contributed by atoms with Crippen LogP contribution in [0, 0.1) is 17.4 Å². The summed E-state index contributed by atoms with van der Waals surface area (Å²) in [7, 11) is 3.38. The van der Waals surface area contributed by atoms with E-state index in [-0.39, 0.29) is 0 Å². The van der Waals surface area contributed by atoms with E-state index in [0.29, 0.717) is 0 Å². The van der Waals surface area contributed by atoms with Gasteiger partial charge in [0, 0.05) is 36.9 Å². The number of aromatic amines is 1. The van der Waals surface area contributed by atoms with Crippen LogP contribution in [0.25, 0.3) is 27.5 Å². The van der Waals surface area contributed by atoms with Crippen molar-refractivity contribution in [1.29, 1.82) is 0 Å². The summed E-state index contributed by atoms with van der Waals surface area (Å²) in [6.07, 6.45) is 0. The lowest BCUT2D eigenvalue weighted by Crippen LogP contribution is -1.95. The highest BCUT2D eigenvalue weighted by Crippen LogP contribution is 2.27. The lowest BCUT2D eigenvalue weighted by molar-refractivity contribution is 0.415. The summed E-state index contributed by atoms with van der Waals surface area (Å²) < 4.78 is 13.9. The summed E-state index contributed by atoms with van der Waals surface area (Å²) in [5.74, 6) is 1.80. The summed E-state index contributed by atoms with van der Waals surface area (Å²) in [5.41, 5.74) is 5.97. The molecule has 5 aromatic rings. The number of hydrogen-bond donors (Lipinski definition) is 1. The Labute approximate surface area is 195 Å². The molecule has 0 atom stereocenters. The van der Waals surface area contributed by atoms with Crippen molar-refractivity contribution >= 4 is 44.4 Å². The Kier molecular flexibility index (Phi) is 6.23. The van der Waals surface area contributed by atoms with E-state index in [1.54, 1.807) is 14.2 Å². The minimum Gasteiger partial charge on any atom is -0.497 e. The molecule has 158 valence electrons. The molecular weight excluding hydrogens is 499 g/mol. The monoisotopic (exact) mass is 524 g/mol. The molecule has 0 amide bonds. The molecule has 1 N–H and O–H groups in total. The zero-order valence-electron chi connectivity index (χ0n) is 18.1. The summed E-state index contributed by atoms with van der Waals surface area (Å²) in [4.78, 5) is 3.25. The molecule has 5 heteroatoms. The highest BCUT2D eigenvalue weighted by atomic mass is 127. The summed E-state index contributed by atoms with van der Waals surface area (Å²) in [5, 5.41) is 2.40. The Bertz CT molecular complexity index is 1330. The average Bonchev–Trinajstić information content (AvgIpc) is 3.31. The zero-order chi connectivity index (χ0) is 22.0. The maximum atomic E-state index is 5.28. The van der Waals surface area contributed by atoms with E-state index >= 15 is 0 Å². The Hall–Kier alpha value is -2.93. The predicted octanol–water partition coefficient (Wildman–Crippen LogP) is 7.04. The lowest BCUT2D eigenvalue weighted by atomic mass is 10.2. The van der Waals surface area contributed by atoms with E-state index in [1.807, 2.05) is 31.2 Å². The molecule has 3 aromatic carbocycles. The smallest absolute Gasteiger partial charge is 0.119 e. The molecule has 0 aliphatic heterocycles. The zero-order valence-corrected chi connectivity index (χ0v) is 20.2. The van der Waals surface area contributed by atoms with Crippen LogP contribution in [0.5, 0.6) is 11.5 Å². The lowest BCUT2D eigenvalue weighted by Gasteiger charge is -2.09. The van der Waals surface area contributed by atoms with Gasteiger partial charge in [0.2, 0.25) is 0 Å². The van der Waals surface area contributed by atoms with Gasteiger partial charge in [-0.25, -0.2) is 0 Å². The fraction of sp³-hybridized carbons (Fsp3) is 0.154. The van der Waals surface area contributed by atoms with Gasteiger partial charge in [0.05, 0.1) is 19.7 Å². The van der Waals surface area contributed by atoms with E-state index in [0.717, 1.165) is 17.0 Å². The topological polar surface area (TPSA) is 39.2 Å². The van der Waals surface area contributed by atoms with Gasteiger partial charge in [-0.1, -0.05) is 0 Å². The molecule has 0 saturated carbocycles. The van der Waals surface area contributed by atoms with Crippen LogP contribution in [-0.2, 0) is 0 Å². The number of aryl methyl sites for hydroxylation is 2. The number of methoxy groups -OCH3 is 2. The van der Waals surface area contributed by atoms with Crippen LogP contribution in [0.3, 0.4) is 0 Å². The van der Waals surface area contributed by atoms with Crippen LogP contribution in [0.2, 0.25) is 0 Å². The van der Waals surface area contributed by atoms with Gasteiger partial charge in [0.15, 0.2) is 0 Å². The average molecular weight is 524 g/mol. The molecule has 0 radical (unpaired) electrons. The summed E-state index contributed by atoms with van der Waals surface area (Å²) >= 11 is 2.32. The highest BCUT2D eigenvalue weighted by molar-refractivity contribution is 14.1. The number of fused-ring (bicyclic) bond motifs is 2. The maximum Gasteiger partial charge on any atom is 0.119 e. The van der Waals surface area contributed by atoms with Gasteiger partial charge in [0.1, 0.15) is 11.5 Å². The first-order valence-corrected chi connectivity index (χ1v) is 11.1. The van der Waals surface area contributed by atoms with Crippen LogP contribution >= 0.6 is 22.6 Å². The van der Waals surface area contributed by atoms with Crippen molar-refractivity contribution in [2.45, 2.75) is 13.8 Å². The van der Waals surface area contributed by atoms with Crippen molar-refractivity contribution in [2.75, 3.05) is 14.2 Å². The standard InChI is InChI=1S/C16H14INO.C10H11NO/c1-11-9-12-10-15(19-2)7-8-16(12)18(11)14-5-3-13(17)4-6-14;1-7-5-8-6-9(12-2)3-4-10(8)11-7/h3-10H,1-2H3;3-6,11H,1-2H3. The number of aromatic nitrogens is 2. The molecule has 0 fully saturated rings. The molecule has 5 rings (SSSR count). The first-order chi connectivity index (χ1) is 15.0. The molecule has 0 aliphatic carbocycles.